The molecule has 0 radical (unpaired) electrons. The van der Waals surface area contributed by atoms with E-state index in [4.69, 9.17) is 15.2 Å². The lowest BCUT2D eigenvalue weighted by atomic mass is 10.2. The van der Waals surface area contributed by atoms with Gasteiger partial charge in [0.25, 0.3) is 0 Å². The first-order valence-electron chi connectivity index (χ1n) is 6.05. The van der Waals surface area contributed by atoms with Crippen LogP contribution in [-0.2, 0) is 0 Å². The van der Waals surface area contributed by atoms with E-state index >= 15 is 0 Å². The molecule has 0 unspecified atom stereocenters. The van der Waals surface area contributed by atoms with E-state index in [1.54, 1.807) is 6.07 Å². The molecule has 0 aliphatic rings. The summed E-state index contributed by atoms with van der Waals surface area (Å²) < 4.78 is 12.5. The number of hydrogen-bond donors (Lipinski definition) is 1. The highest BCUT2D eigenvalue weighted by Gasteiger charge is 2.07. The molecule has 0 bridgehead atoms. The van der Waals surface area contributed by atoms with Crippen molar-refractivity contribution >= 4 is 28.3 Å². The maximum absolute atomic E-state index is 5.88. The number of benzene rings is 2. The van der Waals surface area contributed by atoms with Crippen LogP contribution in [0, 0.1) is 3.57 Å². The zero-order chi connectivity index (χ0) is 13.8. The summed E-state index contributed by atoms with van der Waals surface area (Å²) in [6.45, 7) is 3.93. The Kier molecular flexibility index (Phi) is 4.52. The van der Waals surface area contributed by atoms with E-state index in [2.05, 4.69) is 22.6 Å². The van der Waals surface area contributed by atoms with Crippen LogP contribution in [-0.4, -0.2) is 6.10 Å². The molecule has 2 N–H and O–H groups in total. The third kappa shape index (κ3) is 3.76. The van der Waals surface area contributed by atoms with Crippen LogP contribution < -0.4 is 15.2 Å². The lowest BCUT2D eigenvalue weighted by Gasteiger charge is -2.14. The Morgan fingerprint density at radius 3 is 2.47 bits per heavy atom. The van der Waals surface area contributed by atoms with Crippen molar-refractivity contribution in [2.45, 2.75) is 20.0 Å². The lowest BCUT2D eigenvalue weighted by Crippen LogP contribution is -2.07. The van der Waals surface area contributed by atoms with Gasteiger partial charge in [0.05, 0.1) is 15.4 Å². The molecule has 0 spiro atoms. The summed E-state index contributed by atoms with van der Waals surface area (Å²) in [4.78, 5) is 0. The summed E-state index contributed by atoms with van der Waals surface area (Å²) in [5.41, 5.74) is 6.49. The van der Waals surface area contributed by atoms with Crippen molar-refractivity contribution in [2.24, 2.45) is 0 Å². The van der Waals surface area contributed by atoms with Crippen molar-refractivity contribution < 1.29 is 9.47 Å². The standard InChI is InChI=1S/C15H16INO2/c1-10(2)18-15-9-11(7-8-13(15)17)19-14-6-4-3-5-12(14)16/h3-10H,17H2,1-2H3. The highest BCUT2D eigenvalue weighted by atomic mass is 127. The molecule has 0 aromatic heterocycles. The summed E-state index contributed by atoms with van der Waals surface area (Å²) in [5.74, 6) is 2.19. The van der Waals surface area contributed by atoms with Gasteiger partial charge in [-0.3, -0.25) is 0 Å². The first-order valence-corrected chi connectivity index (χ1v) is 7.12. The van der Waals surface area contributed by atoms with Crippen molar-refractivity contribution in [3.8, 4) is 17.2 Å². The maximum Gasteiger partial charge on any atom is 0.146 e. The van der Waals surface area contributed by atoms with Crippen LogP contribution in [0.5, 0.6) is 17.2 Å². The molecular weight excluding hydrogens is 353 g/mol. The molecule has 0 atom stereocenters. The van der Waals surface area contributed by atoms with Gasteiger partial charge in [-0.25, -0.2) is 0 Å². The predicted octanol–water partition coefficient (Wildman–Crippen LogP) is 4.45. The molecule has 0 aliphatic heterocycles. The van der Waals surface area contributed by atoms with E-state index in [1.807, 2.05) is 50.2 Å². The first-order chi connectivity index (χ1) is 9.06. The molecule has 0 saturated carbocycles. The molecule has 2 aromatic carbocycles. The molecule has 0 saturated heterocycles. The summed E-state index contributed by atoms with van der Waals surface area (Å²) in [5, 5.41) is 0. The molecule has 2 rings (SSSR count). The number of nitrogens with two attached hydrogens (primary N) is 1. The zero-order valence-electron chi connectivity index (χ0n) is 10.9. The summed E-state index contributed by atoms with van der Waals surface area (Å²) in [7, 11) is 0. The van der Waals surface area contributed by atoms with Crippen LogP contribution in [0.15, 0.2) is 42.5 Å². The molecule has 0 heterocycles. The number of halogens is 1. The molecule has 19 heavy (non-hydrogen) atoms. The van der Waals surface area contributed by atoms with E-state index in [-0.39, 0.29) is 6.10 Å². The molecule has 100 valence electrons. The van der Waals surface area contributed by atoms with Crippen molar-refractivity contribution in [1.29, 1.82) is 0 Å². The van der Waals surface area contributed by atoms with Crippen molar-refractivity contribution in [3.63, 3.8) is 0 Å². The number of para-hydroxylation sites is 1. The second kappa shape index (κ2) is 6.14. The van der Waals surface area contributed by atoms with Crippen molar-refractivity contribution in [2.75, 3.05) is 5.73 Å². The minimum Gasteiger partial charge on any atom is -0.489 e. The molecular formula is C15H16INO2. The van der Waals surface area contributed by atoms with Crippen LogP contribution in [0.3, 0.4) is 0 Å². The quantitative estimate of drug-likeness (QED) is 0.640. The number of hydrogen-bond acceptors (Lipinski definition) is 3. The third-order valence-corrected chi connectivity index (χ3v) is 3.30. The molecule has 0 fully saturated rings. The monoisotopic (exact) mass is 369 g/mol. The van der Waals surface area contributed by atoms with Gasteiger partial charge >= 0.3 is 0 Å². The molecule has 2 aromatic rings. The lowest BCUT2D eigenvalue weighted by molar-refractivity contribution is 0.243. The van der Waals surface area contributed by atoms with Gasteiger partial charge in [0.15, 0.2) is 0 Å². The number of ether oxygens (including phenoxy) is 2. The summed E-state index contributed by atoms with van der Waals surface area (Å²) >= 11 is 2.24. The van der Waals surface area contributed by atoms with E-state index in [0.717, 1.165) is 9.32 Å². The molecule has 4 heteroatoms. The minimum absolute atomic E-state index is 0.0782. The number of rotatable bonds is 4. The van der Waals surface area contributed by atoms with Gasteiger partial charge in [0.1, 0.15) is 17.2 Å². The summed E-state index contributed by atoms with van der Waals surface area (Å²) in [6, 6.07) is 13.3. The smallest absolute Gasteiger partial charge is 0.146 e. The average molecular weight is 369 g/mol. The Labute approximate surface area is 126 Å². The highest BCUT2D eigenvalue weighted by Crippen LogP contribution is 2.32. The van der Waals surface area contributed by atoms with Crippen LogP contribution >= 0.6 is 22.6 Å². The van der Waals surface area contributed by atoms with E-state index in [0.29, 0.717) is 17.2 Å². The topological polar surface area (TPSA) is 44.5 Å². The van der Waals surface area contributed by atoms with Crippen molar-refractivity contribution in [3.05, 3.63) is 46.0 Å². The Morgan fingerprint density at radius 2 is 1.79 bits per heavy atom. The van der Waals surface area contributed by atoms with E-state index < -0.39 is 0 Å². The van der Waals surface area contributed by atoms with Gasteiger partial charge in [-0.05, 0) is 60.7 Å². The van der Waals surface area contributed by atoms with Crippen LogP contribution in [0.4, 0.5) is 5.69 Å². The second-order valence-corrected chi connectivity index (χ2v) is 5.56. The predicted molar refractivity (Wildman–Crippen MR) is 85.9 cm³/mol. The molecule has 0 aliphatic carbocycles. The first kappa shape index (κ1) is 14.0. The van der Waals surface area contributed by atoms with Gasteiger partial charge in [0.2, 0.25) is 0 Å². The Morgan fingerprint density at radius 1 is 1.05 bits per heavy atom. The number of nitrogen functional groups attached to an aromatic ring is 1. The van der Waals surface area contributed by atoms with Gasteiger partial charge < -0.3 is 15.2 Å². The van der Waals surface area contributed by atoms with E-state index in [9.17, 15) is 0 Å². The zero-order valence-corrected chi connectivity index (χ0v) is 13.0. The Balaban J connectivity index is 2.24. The van der Waals surface area contributed by atoms with Crippen LogP contribution in [0.1, 0.15) is 13.8 Å². The number of anilines is 1. The highest BCUT2D eigenvalue weighted by molar-refractivity contribution is 14.1. The van der Waals surface area contributed by atoms with E-state index in [1.165, 1.54) is 0 Å². The molecule has 0 amide bonds. The largest absolute Gasteiger partial charge is 0.489 e. The normalized spacial score (nSPS) is 10.5. The Hall–Kier alpha value is -1.43. The Bertz CT molecular complexity index is 570. The average Bonchev–Trinajstić information content (AvgIpc) is 2.35. The van der Waals surface area contributed by atoms with Crippen LogP contribution in [0.25, 0.3) is 0 Å². The third-order valence-electron chi connectivity index (χ3n) is 2.41. The van der Waals surface area contributed by atoms with Gasteiger partial charge in [0, 0.05) is 6.07 Å². The van der Waals surface area contributed by atoms with Gasteiger partial charge in [-0.2, -0.15) is 0 Å². The fourth-order valence-electron chi connectivity index (χ4n) is 1.59. The summed E-state index contributed by atoms with van der Waals surface area (Å²) in [6.07, 6.45) is 0.0782. The maximum atomic E-state index is 5.88. The fraction of sp³-hybridized carbons (Fsp3) is 0.200. The molecule has 3 nitrogen and oxygen atoms in total. The SMILES string of the molecule is CC(C)Oc1cc(Oc2ccccc2I)ccc1N. The van der Waals surface area contributed by atoms with Gasteiger partial charge in [-0.15, -0.1) is 0 Å². The minimum atomic E-state index is 0.0782. The van der Waals surface area contributed by atoms with Crippen LogP contribution in [0.2, 0.25) is 0 Å². The van der Waals surface area contributed by atoms with Gasteiger partial charge in [-0.1, -0.05) is 12.1 Å². The van der Waals surface area contributed by atoms with Crippen molar-refractivity contribution in [1.82, 2.24) is 0 Å². The fourth-order valence-corrected chi connectivity index (χ4v) is 2.09. The second-order valence-electron chi connectivity index (χ2n) is 4.40.